The molecule has 1 N–H and O–H groups in total. The fraction of sp³-hybridized carbons (Fsp3) is 0.545. The SMILES string of the molecule is COc1cc([C@@H]2c3cc4c(cc3[C@@H](O[C@H]3OC5CO[C@H](C)O[C@@H]5[C@H](OC(=O)C(Cl)Cl)C3OC(=O)C(Cl)Cl)[C@H]3COC(=O)[C@H]23)OCO4)cc(OC)c1O. The number of carbonyl (C=O) groups excluding carboxylic acids is 3. The molecule has 0 aromatic heterocycles. The molecule has 7 rings (SSSR count). The Balaban J connectivity index is 1.34. The Bertz CT molecular complexity index is 1700. The van der Waals surface area contributed by atoms with Crippen LogP contribution in [0.5, 0.6) is 28.7 Å². The smallest absolute Gasteiger partial charge is 0.340 e. The molecule has 52 heavy (non-hydrogen) atoms. The van der Waals surface area contributed by atoms with Gasteiger partial charge in [-0.25, -0.2) is 9.59 Å². The van der Waals surface area contributed by atoms with Crippen LogP contribution in [0.15, 0.2) is 24.3 Å². The monoisotopic (exact) mass is 808 g/mol. The number of ether oxygens (including phenoxy) is 11. The first-order valence-electron chi connectivity index (χ1n) is 16.0. The summed E-state index contributed by atoms with van der Waals surface area (Å²) >= 11 is 23.5. The Morgan fingerprint density at radius 1 is 0.846 bits per heavy atom. The summed E-state index contributed by atoms with van der Waals surface area (Å²) < 4.78 is 64.1. The zero-order chi connectivity index (χ0) is 37.0. The van der Waals surface area contributed by atoms with Crippen LogP contribution in [0.3, 0.4) is 0 Å². The van der Waals surface area contributed by atoms with Crippen LogP contribution >= 0.6 is 46.4 Å². The van der Waals surface area contributed by atoms with Gasteiger partial charge in [-0.3, -0.25) is 4.79 Å². The van der Waals surface area contributed by atoms with Crippen LogP contribution in [-0.4, -0.2) is 104 Å². The number of aromatic hydroxyl groups is 1. The predicted molar refractivity (Wildman–Crippen MR) is 177 cm³/mol. The molecule has 0 spiro atoms. The molecule has 5 aliphatic rings. The maximum Gasteiger partial charge on any atom is 0.340 e. The van der Waals surface area contributed by atoms with Gasteiger partial charge in [0.25, 0.3) is 0 Å². The minimum Gasteiger partial charge on any atom is -0.502 e. The van der Waals surface area contributed by atoms with Crippen LogP contribution in [0.25, 0.3) is 0 Å². The van der Waals surface area contributed by atoms with E-state index in [1.165, 1.54) is 14.2 Å². The van der Waals surface area contributed by atoms with Gasteiger partial charge < -0.3 is 57.2 Å². The van der Waals surface area contributed by atoms with Gasteiger partial charge in [0, 0.05) is 11.8 Å². The molecule has 15 nitrogen and oxygen atoms in total. The Morgan fingerprint density at radius 2 is 1.46 bits per heavy atom. The second kappa shape index (κ2) is 14.9. The highest BCUT2D eigenvalue weighted by Crippen LogP contribution is 2.57. The molecule has 0 amide bonds. The molecule has 0 saturated carbocycles. The summed E-state index contributed by atoms with van der Waals surface area (Å²) in [5.41, 5.74) is 1.69. The summed E-state index contributed by atoms with van der Waals surface area (Å²) in [5, 5.41) is 10.7. The van der Waals surface area contributed by atoms with Crippen molar-refractivity contribution in [2.24, 2.45) is 11.8 Å². The highest BCUT2D eigenvalue weighted by molar-refractivity contribution is 6.53. The van der Waals surface area contributed by atoms with Crippen molar-refractivity contribution in [3.05, 3.63) is 41.0 Å². The number of hydrogen-bond acceptors (Lipinski definition) is 15. The lowest BCUT2D eigenvalue weighted by atomic mass is 9.66. The third-order valence-electron chi connectivity index (χ3n) is 9.56. The first kappa shape index (κ1) is 37.2. The number of alkyl halides is 4. The molecule has 1 aliphatic carbocycles. The maximum absolute atomic E-state index is 13.7. The molecule has 3 fully saturated rings. The van der Waals surface area contributed by atoms with E-state index >= 15 is 0 Å². The van der Waals surface area contributed by atoms with Crippen molar-refractivity contribution in [3.63, 3.8) is 0 Å². The van der Waals surface area contributed by atoms with Gasteiger partial charge >= 0.3 is 17.9 Å². The molecule has 3 saturated heterocycles. The van der Waals surface area contributed by atoms with Crippen LogP contribution in [0.4, 0.5) is 0 Å². The average molecular weight is 810 g/mol. The summed E-state index contributed by atoms with van der Waals surface area (Å²) in [4.78, 5) is 36.2. The molecule has 4 aliphatic heterocycles. The molecule has 19 heteroatoms. The molecule has 10 atom stereocenters. The lowest BCUT2D eigenvalue weighted by Crippen LogP contribution is -2.65. The topological polar surface area (TPSA) is 173 Å². The summed E-state index contributed by atoms with van der Waals surface area (Å²) in [7, 11) is 2.79. The number of fused-ring (bicyclic) bond motifs is 4. The van der Waals surface area contributed by atoms with Crippen LogP contribution < -0.4 is 18.9 Å². The van der Waals surface area contributed by atoms with Crippen LogP contribution in [0.1, 0.15) is 35.6 Å². The van der Waals surface area contributed by atoms with Crippen molar-refractivity contribution in [1.82, 2.24) is 0 Å². The fourth-order valence-corrected chi connectivity index (χ4v) is 7.54. The van der Waals surface area contributed by atoms with E-state index in [-0.39, 0.29) is 37.3 Å². The van der Waals surface area contributed by atoms with Crippen LogP contribution in [-0.2, 0) is 47.5 Å². The van der Waals surface area contributed by atoms with Crippen LogP contribution in [0, 0.1) is 11.8 Å². The first-order chi connectivity index (χ1) is 24.9. The van der Waals surface area contributed by atoms with Gasteiger partial charge in [0.15, 0.2) is 47.8 Å². The standard InChI is InChI=1S/C33H32Cl4O15/c1-11-44-9-20-25(48-11)26(50-31(40)28(34)35)27(51-32(41)29(36)37)33(49-20)52-24-14-7-17-16(46-10-47-17)6-13(14)21(22-15(24)8-45-30(22)39)12-4-18(42-2)23(38)19(5-12)43-3/h4-7,11,15,20-22,24-29,33,38H,8-10H2,1-3H3/t11-,15-,20?,21+,22-,24+,25-,26-,27?,33+/m0/s1. The number of carbonyl (C=O) groups is 3. The number of phenolic OH excluding ortho intramolecular Hbond substituents is 1. The molecule has 282 valence electrons. The molecule has 2 aromatic carbocycles. The van der Waals surface area contributed by atoms with E-state index in [0.717, 1.165) is 0 Å². The van der Waals surface area contributed by atoms with Gasteiger partial charge in [-0.2, -0.15) is 0 Å². The molecular weight excluding hydrogens is 778 g/mol. The Kier molecular flexibility index (Phi) is 10.7. The number of phenols is 1. The van der Waals surface area contributed by atoms with E-state index in [2.05, 4.69) is 0 Å². The second-order valence-electron chi connectivity index (χ2n) is 12.4. The Labute approximate surface area is 316 Å². The summed E-state index contributed by atoms with van der Waals surface area (Å²) in [6, 6.07) is 6.68. The molecule has 2 aromatic rings. The molecule has 0 radical (unpaired) electrons. The van der Waals surface area contributed by atoms with Crippen LogP contribution in [0.2, 0.25) is 0 Å². The normalized spacial score (nSPS) is 31.7. The van der Waals surface area contributed by atoms with Crippen molar-refractivity contribution in [2.45, 2.75) is 65.6 Å². The third kappa shape index (κ3) is 6.74. The van der Waals surface area contributed by atoms with E-state index in [1.54, 1.807) is 31.2 Å². The van der Waals surface area contributed by atoms with Gasteiger partial charge in [0.2, 0.25) is 22.2 Å². The van der Waals surface area contributed by atoms with Crippen molar-refractivity contribution in [3.8, 4) is 28.7 Å². The lowest BCUT2D eigenvalue weighted by molar-refractivity contribution is -0.365. The number of esters is 3. The first-order valence-corrected chi connectivity index (χ1v) is 17.7. The highest BCUT2D eigenvalue weighted by atomic mass is 35.5. The maximum atomic E-state index is 13.7. The van der Waals surface area contributed by atoms with Crippen molar-refractivity contribution >= 4 is 64.3 Å². The lowest BCUT2D eigenvalue weighted by Gasteiger charge is -2.49. The van der Waals surface area contributed by atoms with Crippen molar-refractivity contribution in [2.75, 3.05) is 34.2 Å². The van der Waals surface area contributed by atoms with Crippen molar-refractivity contribution in [1.29, 1.82) is 0 Å². The summed E-state index contributed by atoms with van der Waals surface area (Å²) in [6.07, 6.45) is -8.18. The van der Waals surface area contributed by atoms with E-state index in [1.807, 2.05) is 0 Å². The second-order valence-corrected chi connectivity index (χ2v) is 14.6. The minimum atomic E-state index is -1.64. The van der Waals surface area contributed by atoms with Gasteiger partial charge in [-0.05, 0) is 47.9 Å². The Hall–Kier alpha value is -3.15. The quantitative estimate of drug-likeness (QED) is 0.218. The van der Waals surface area contributed by atoms with E-state index in [9.17, 15) is 19.5 Å². The average Bonchev–Trinajstić information content (AvgIpc) is 3.74. The highest BCUT2D eigenvalue weighted by Gasteiger charge is 2.58. The molecular formula is C33H32Cl4O15. The summed E-state index contributed by atoms with van der Waals surface area (Å²) in [5.74, 6) is -4.09. The number of benzene rings is 2. The third-order valence-corrected chi connectivity index (χ3v) is 10.3. The number of rotatable bonds is 9. The number of hydrogen-bond donors (Lipinski definition) is 1. The summed E-state index contributed by atoms with van der Waals surface area (Å²) in [6.45, 7) is 1.46. The van der Waals surface area contributed by atoms with Gasteiger partial charge in [-0.15, -0.1) is 0 Å². The zero-order valence-corrected chi connectivity index (χ0v) is 30.6. The zero-order valence-electron chi connectivity index (χ0n) is 27.5. The molecule has 4 heterocycles. The number of halogens is 4. The van der Waals surface area contributed by atoms with Crippen molar-refractivity contribution < 1.29 is 71.6 Å². The van der Waals surface area contributed by atoms with E-state index in [4.69, 9.17) is 98.5 Å². The van der Waals surface area contributed by atoms with Gasteiger partial charge in [0.1, 0.15) is 12.2 Å². The number of methoxy groups -OCH3 is 2. The molecule has 0 bridgehead atoms. The largest absolute Gasteiger partial charge is 0.502 e. The van der Waals surface area contributed by atoms with E-state index in [0.29, 0.717) is 28.2 Å². The van der Waals surface area contributed by atoms with E-state index < -0.39 is 88.4 Å². The Morgan fingerprint density at radius 3 is 2.08 bits per heavy atom. The minimum absolute atomic E-state index is 0.0284. The fourth-order valence-electron chi connectivity index (χ4n) is 7.33. The number of cyclic esters (lactones) is 1. The van der Waals surface area contributed by atoms with Gasteiger partial charge in [-0.1, -0.05) is 46.4 Å². The molecule has 2 unspecified atom stereocenters. The van der Waals surface area contributed by atoms with Gasteiger partial charge in [0.05, 0.1) is 39.5 Å². The predicted octanol–water partition coefficient (Wildman–Crippen LogP) is 4.05.